The van der Waals surface area contributed by atoms with Gasteiger partial charge >= 0.3 is 0 Å². The van der Waals surface area contributed by atoms with Crippen LogP contribution in [0.2, 0.25) is 0 Å². The molecule has 0 saturated carbocycles. The number of unbranched alkanes of at least 4 members (excludes halogenated alkanes) is 2. The van der Waals surface area contributed by atoms with Gasteiger partial charge in [-0.15, -0.1) is 6.58 Å². The fourth-order valence-electron chi connectivity index (χ4n) is 1.79. The molecule has 1 N–H and O–H groups in total. The summed E-state index contributed by atoms with van der Waals surface area (Å²) in [5.74, 6) is 0.941. The van der Waals surface area contributed by atoms with Crippen molar-refractivity contribution >= 4 is 0 Å². The van der Waals surface area contributed by atoms with Crippen LogP contribution in [0.4, 0.5) is 0 Å². The predicted octanol–water partition coefficient (Wildman–Crippen LogP) is 3.39. The van der Waals surface area contributed by atoms with Crippen molar-refractivity contribution in [3.63, 3.8) is 0 Å². The van der Waals surface area contributed by atoms with Crippen molar-refractivity contribution in [1.82, 2.24) is 0 Å². The van der Waals surface area contributed by atoms with E-state index in [2.05, 4.69) is 20.4 Å². The van der Waals surface area contributed by atoms with Gasteiger partial charge in [0.25, 0.3) is 0 Å². The fourth-order valence-corrected chi connectivity index (χ4v) is 1.79. The highest BCUT2D eigenvalue weighted by Crippen LogP contribution is 2.23. The van der Waals surface area contributed by atoms with Gasteiger partial charge in [-0.3, -0.25) is 0 Å². The molecule has 0 bridgehead atoms. The van der Waals surface area contributed by atoms with Crippen molar-refractivity contribution in [2.45, 2.75) is 46.0 Å². The van der Waals surface area contributed by atoms with E-state index in [1.807, 2.05) is 6.08 Å². The SMILES string of the molecule is C=CC(CO)C(CC)CCCCC. The smallest absolute Gasteiger partial charge is 0.0496 e. The molecular formula is C12H24O. The monoisotopic (exact) mass is 184 g/mol. The van der Waals surface area contributed by atoms with Crippen LogP contribution in [0.15, 0.2) is 12.7 Å². The van der Waals surface area contributed by atoms with Crippen LogP contribution >= 0.6 is 0 Å². The third kappa shape index (κ3) is 5.09. The van der Waals surface area contributed by atoms with Gasteiger partial charge in [0.1, 0.15) is 0 Å². The average molecular weight is 184 g/mol. The van der Waals surface area contributed by atoms with E-state index >= 15 is 0 Å². The molecule has 0 spiro atoms. The zero-order valence-electron chi connectivity index (χ0n) is 9.13. The van der Waals surface area contributed by atoms with Crippen molar-refractivity contribution < 1.29 is 5.11 Å². The summed E-state index contributed by atoms with van der Waals surface area (Å²) in [7, 11) is 0. The molecule has 0 aromatic heterocycles. The van der Waals surface area contributed by atoms with E-state index in [1.165, 1.54) is 25.7 Å². The summed E-state index contributed by atoms with van der Waals surface area (Å²) in [4.78, 5) is 0. The maximum absolute atomic E-state index is 9.11. The minimum absolute atomic E-state index is 0.258. The van der Waals surface area contributed by atoms with Crippen LogP contribution in [0.3, 0.4) is 0 Å². The predicted molar refractivity (Wildman–Crippen MR) is 58.7 cm³/mol. The van der Waals surface area contributed by atoms with Crippen molar-refractivity contribution in [3.8, 4) is 0 Å². The second-order valence-electron chi connectivity index (χ2n) is 3.75. The molecule has 1 nitrogen and oxygen atoms in total. The average Bonchev–Trinajstić information content (AvgIpc) is 2.17. The molecule has 0 radical (unpaired) electrons. The lowest BCUT2D eigenvalue weighted by Gasteiger charge is -2.21. The van der Waals surface area contributed by atoms with E-state index in [9.17, 15) is 0 Å². The summed E-state index contributed by atoms with van der Waals surface area (Å²) in [5, 5.41) is 9.11. The second kappa shape index (κ2) is 8.31. The zero-order chi connectivity index (χ0) is 10.1. The van der Waals surface area contributed by atoms with Crippen molar-refractivity contribution in [2.24, 2.45) is 11.8 Å². The number of aliphatic hydroxyl groups is 1. The first-order valence-electron chi connectivity index (χ1n) is 5.53. The fraction of sp³-hybridized carbons (Fsp3) is 0.833. The lowest BCUT2D eigenvalue weighted by Crippen LogP contribution is -2.15. The van der Waals surface area contributed by atoms with Crippen molar-refractivity contribution in [3.05, 3.63) is 12.7 Å². The molecule has 0 heterocycles. The second-order valence-corrected chi connectivity index (χ2v) is 3.75. The molecule has 0 fully saturated rings. The van der Waals surface area contributed by atoms with Gasteiger partial charge in [-0.25, -0.2) is 0 Å². The maximum Gasteiger partial charge on any atom is 0.0496 e. The summed E-state index contributed by atoms with van der Waals surface area (Å²) >= 11 is 0. The topological polar surface area (TPSA) is 20.2 Å². The summed E-state index contributed by atoms with van der Waals surface area (Å²) in [5.41, 5.74) is 0. The Balaban J connectivity index is 3.78. The van der Waals surface area contributed by atoms with E-state index < -0.39 is 0 Å². The van der Waals surface area contributed by atoms with Crippen LogP contribution in [-0.2, 0) is 0 Å². The Morgan fingerprint density at radius 3 is 2.38 bits per heavy atom. The Labute approximate surface area is 82.9 Å². The number of hydrogen-bond acceptors (Lipinski definition) is 1. The molecule has 0 amide bonds. The standard InChI is InChI=1S/C12H24O/c1-4-7-8-9-11(5-2)12(6-3)10-13/h6,11-13H,3-5,7-10H2,1-2H3. The maximum atomic E-state index is 9.11. The third-order valence-corrected chi connectivity index (χ3v) is 2.82. The van der Waals surface area contributed by atoms with Gasteiger partial charge in [0.2, 0.25) is 0 Å². The first-order chi connectivity index (χ1) is 6.29. The Bertz CT molecular complexity index is 120. The lowest BCUT2D eigenvalue weighted by molar-refractivity contribution is 0.196. The van der Waals surface area contributed by atoms with E-state index in [4.69, 9.17) is 5.11 Å². The van der Waals surface area contributed by atoms with E-state index in [0.29, 0.717) is 11.8 Å². The van der Waals surface area contributed by atoms with E-state index in [1.54, 1.807) is 0 Å². The van der Waals surface area contributed by atoms with Gasteiger partial charge in [0, 0.05) is 12.5 Å². The molecule has 0 aromatic rings. The number of hydrogen-bond donors (Lipinski definition) is 1. The molecule has 13 heavy (non-hydrogen) atoms. The molecule has 0 aliphatic carbocycles. The van der Waals surface area contributed by atoms with E-state index in [0.717, 1.165) is 6.42 Å². The molecule has 2 atom stereocenters. The molecule has 0 rings (SSSR count). The van der Waals surface area contributed by atoms with Crippen LogP contribution in [-0.4, -0.2) is 11.7 Å². The molecule has 1 heteroatoms. The third-order valence-electron chi connectivity index (χ3n) is 2.82. The van der Waals surface area contributed by atoms with Crippen LogP contribution in [0.1, 0.15) is 46.0 Å². The van der Waals surface area contributed by atoms with Crippen molar-refractivity contribution in [1.29, 1.82) is 0 Å². The minimum Gasteiger partial charge on any atom is -0.396 e. The Hall–Kier alpha value is -0.300. The minimum atomic E-state index is 0.258. The molecule has 2 unspecified atom stereocenters. The summed E-state index contributed by atoms with van der Waals surface area (Å²) in [6.45, 7) is 8.44. The summed E-state index contributed by atoms with van der Waals surface area (Å²) < 4.78 is 0. The lowest BCUT2D eigenvalue weighted by atomic mass is 9.86. The van der Waals surface area contributed by atoms with Gasteiger partial charge in [0.15, 0.2) is 0 Å². The quantitative estimate of drug-likeness (QED) is 0.453. The molecule has 0 aliphatic heterocycles. The highest BCUT2D eigenvalue weighted by atomic mass is 16.3. The summed E-state index contributed by atoms with van der Waals surface area (Å²) in [6, 6.07) is 0. The highest BCUT2D eigenvalue weighted by Gasteiger charge is 2.15. The zero-order valence-corrected chi connectivity index (χ0v) is 9.13. The molecule has 0 saturated heterocycles. The van der Waals surface area contributed by atoms with Crippen LogP contribution in [0.25, 0.3) is 0 Å². The Morgan fingerprint density at radius 1 is 1.31 bits per heavy atom. The molecule has 0 aliphatic rings. The highest BCUT2D eigenvalue weighted by molar-refractivity contribution is 4.83. The van der Waals surface area contributed by atoms with Gasteiger partial charge in [-0.1, -0.05) is 45.6 Å². The molecular weight excluding hydrogens is 160 g/mol. The van der Waals surface area contributed by atoms with Gasteiger partial charge < -0.3 is 5.11 Å². The molecule has 0 aromatic carbocycles. The van der Waals surface area contributed by atoms with Gasteiger partial charge in [-0.05, 0) is 12.3 Å². The Morgan fingerprint density at radius 2 is 2.00 bits per heavy atom. The van der Waals surface area contributed by atoms with Crippen molar-refractivity contribution in [2.75, 3.05) is 6.61 Å². The van der Waals surface area contributed by atoms with Crippen LogP contribution in [0.5, 0.6) is 0 Å². The first-order valence-corrected chi connectivity index (χ1v) is 5.53. The normalized spacial score (nSPS) is 15.3. The van der Waals surface area contributed by atoms with Gasteiger partial charge in [-0.2, -0.15) is 0 Å². The Kier molecular flexibility index (Phi) is 8.11. The van der Waals surface area contributed by atoms with Crippen LogP contribution in [0, 0.1) is 11.8 Å². The largest absolute Gasteiger partial charge is 0.396 e. The number of aliphatic hydroxyl groups excluding tert-OH is 1. The molecule has 78 valence electrons. The summed E-state index contributed by atoms with van der Waals surface area (Å²) in [6.07, 6.45) is 8.17. The van der Waals surface area contributed by atoms with Gasteiger partial charge in [0.05, 0.1) is 0 Å². The number of rotatable bonds is 8. The van der Waals surface area contributed by atoms with E-state index in [-0.39, 0.29) is 6.61 Å². The first kappa shape index (κ1) is 12.7. The van der Waals surface area contributed by atoms with Crippen LogP contribution < -0.4 is 0 Å².